The van der Waals surface area contributed by atoms with Crippen molar-refractivity contribution in [3.63, 3.8) is 0 Å². The van der Waals surface area contributed by atoms with E-state index in [-0.39, 0.29) is 11.9 Å². The van der Waals surface area contributed by atoms with Gasteiger partial charge in [-0.1, -0.05) is 17.3 Å². The van der Waals surface area contributed by atoms with Gasteiger partial charge in [-0.15, -0.1) is 5.10 Å². The molecule has 1 saturated heterocycles. The molecule has 8 heteroatoms. The molecule has 1 aliphatic heterocycles. The molecule has 2 aromatic rings. The van der Waals surface area contributed by atoms with E-state index in [0.717, 1.165) is 24.8 Å². The molecule has 1 unspecified atom stereocenters. The lowest BCUT2D eigenvalue weighted by atomic mass is 10.1. The molecule has 0 bridgehead atoms. The second kappa shape index (κ2) is 7.77. The van der Waals surface area contributed by atoms with E-state index in [9.17, 15) is 9.59 Å². The summed E-state index contributed by atoms with van der Waals surface area (Å²) < 4.78 is 6.88. The van der Waals surface area contributed by atoms with Gasteiger partial charge in [0.05, 0.1) is 6.20 Å². The molecule has 2 heterocycles. The summed E-state index contributed by atoms with van der Waals surface area (Å²) in [4.78, 5) is 24.1. The second-order valence-corrected chi connectivity index (χ2v) is 7.59. The third-order valence-electron chi connectivity index (χ3n) is 4.14. The van der Waals surface area contributed by atoms with Crippen LogP contribution < -0.4 is 10.6 Å². The van der Waals surface area contributed by atoms with Crippen LogP contribution in [0.5, 0.6) is 0 Å². The molecule has 1 aromatic carbocycles. The van der Waals surface area contributed by atoms with Gasteiger partial charge in [0.15, 0.2) is 0 Å². The molecule has 27 heavy (non-hydrogen) atoms. The summed E-state index contributed by atoms with van der Waals surface area (Å²) >= 11 is 0. The van der Waals surface area contributed by atoms with E-state index in [1.807, 2.05) is 32.9 Å². The van der Waals surface area contributed by atoms with E-state index in [1.54, 1.807) is 23.0 Å². The summed E-state index contributed by atoms with van der Waals surface area (Å²) in [7, 11) is 0. The Morgan fingerprint density at radius 1 is 1.33 bits per heavy atom. The first-order chi connectivity index (χ1) is 12.8. The van der Waals surface area contributed by atoms with Crippen molar-refractivity contribution >= 4 is 17.7 Å². The minimum absolute atomic E-state index is 0.0238. The number of nitrogens with one attached hydrogen (secondary N) is 2. The number of carbonyl (C=O) groups is 2. The van der Waals surface area contributed by atoms with Gasteiger partial charge in [-0.25, -0.2) is 9.48 Å². The van der Waals surface area contributed by atoms with Gasteiger partial charge in [0.2, 0.25) is 5.91 Å². The number of benzene rings is 1. The molecule has 0 saturated carbocycles. The average Bonchev–Trinajstić information content (AvgIpc) is 2.96. The monoisotopic (exact) mass is 371 g/mol. The van der Waals surface area contributed by atoms with Crippen molar-refractivity contribution in [1.82, 2.24) is 20.3 Å². The molecule has 1 aromatic heterocycles. The fourth-order valence-electron chi connectivity index (χ4n) is 2.91. The van der Waals surface area contributed by atoms with Crippen LogP contribution in [0.2, 0.25) is 0 Å². The molecule has 0 spiro atoms. The topological polar surface area (TPSA) is 98.1 Å². The van der Waals surface area contributed by atoms with Crippen molar-refractivity contribution in [2.75, 3.05) is 11.9 Å². The Labute approximate surface area is 158 Å². The van der Waals surface area contributed by atoms with Crippen molar-refractivity contribution in [3.05, 3.63) is 30.5 Å². The standard InChI is InChI=1S/C19H25N5O3/c1-19(2,3)27-18(26)21-14-8-6-7-13(11-14)15-12-24(23-22-15)16-9-4-5-10-20-17(16)25/h6-8,11-12,16H,4-5,9-10H2,1-3H3,(H,20,25)(H,21,26). The summed E-state index contributed by atoms with van der Waals surface area (Å²) in [5.74, 6) is -0.0238. The van der Waals surface area contributed by atoms with Crippen molar-refractivity contribution in [2.45, 2.75) is 51.7 Å². The lowest BCUT2D eigenvalue weighted by molar-refractivity contribution is -0.124. The first kappa shape index (κ1) is 18.9. The zero-order valence-corrected chi connectivity index (χ0v) is 15.9. The Hall–Kier alpha value is -2.90. The molecule has 0 aliphatic carbocycles. The molecule has 8 nitrogen and oxygen atoms in total. The highest BCUT2D eigenvalue weighted by Gasteiger charge is 2.24. The van der Waals surface area contributed by atoms with Gasteiger partial charge in [0, 0.05) is 17.8 Å². The molecule has 1 fully saturated rings. The number of amides is 2. The number of ether oxygens (including phenoxy) is 1. The van der Waals surface area contributed by atoms with Gasteiger partial charge in [0.1, 0.15) is 17.3 Å². The third-order valence-corrected chi connectivity index (χ3v) is 4.14. The van der Waals surface area contributed by atoms with Crippen LogP contribution in [0, 0.1) is 0 Å². The van der Waals surface area contributed by atoms with Gasteiger partial charge in [-0.05, 0) is 52.2 Å². The number of hydrogen-bond acceptors (Lipinski definition) is 5. The summed E-state index contributed by atoms with van der Waals surface area (Å²) in [5.41, 5.74) is 1.47. The first-order valence-corrected chi connectivity index (χ1v) is 9.12. The van der Waals surface area contributed by atoms with Crippen molar-refractivity contribution in [1.29, 1.82) is 0 Å². The number of aromatic nitrogens is 3. The predicted molar refractivity (Wildman–Crippen MR) is 101 cm³/mol. The van der Waals surface area contributed by atoms with Crippen LogP contribution in [-0.2, 0) is 9.53 Å². The smallest absolute Gasteiger partial charge is 0.412 e. The number of rotatable bonds is 3. The quantitative estimate of drug-likeness (QED) is 0.864. The van der Waals surface area contributed by atoms with Gasteiger partial charge in [-0.2, -0.15) is 0 Å². The largest absolute Gasteiger partial charge is 0.444 e. The van der Waals surface area contributed by atoms with Crippen molar-refractivity contribution in [3.8, 4) is 11.3 Å². The minimum Gasteiger partial charge on any atom is -0.444 e. The van der Waals surface area contributed by atoms with Gasteiger partial charge in [0.25, 0.3) is 0 Å². The number of nitrogens with zero attached hydrogens (tertiary/aromatic N) is 3. The molecular formula is C19H25N5O3. The normalized spacial score (nSPS) is 17.7. The molecule has 144 valence electrons. The number of hydrogen-bond donors (Lipinski definition) is 2. The summed E-state index contributed by atoms with van der Waals surface area (Å²) in [5, 5.41) is 14.0. The number of carbonyl (C=O) groups excluding carboxylic acids is 2. The fraction of sp³-hybridized carbons (Fsp3) is 0.474. The van der Waals surface area contributed by atoms with Crippen LogP contribution >= 0.6 is 0 Å². The van der Waals surface area contributed by atoms with Crippen LogP contribution in [0.15, 0.2) is 30.5 Å². The highest BCUT2D eigenvalue weighted by Crippen LogP contribution is 2.24. The predicted octanol–water partition coefficient (Wildman–Crippen LogP) is 3.13. The van der Waals surface area contributed by atoms with Gasteiger partial charge >= 0.3 is 6.09 Å². The van der Waals surface area contributed by atoms with Crippen molar-refractivity contribution < 1.29 is 14.3 Å². The Bertz CT molecular complexity index is 825. The van der Waals surface area contributed by atoms with Crippen LogP contribution in [0.4, 0.5) is 10.5 Å². The molecule has 2 N–H and O–H groups in total. The average molecular weight is 371 g/mol. The minimum atomic E-state index is -0.566. The molecule has 1 atom stereocenters. The Balaban J connectivity index is 1.75. The van der Waals surface area contributed by atoms with Crippen LogP contribution in [0.25, 0.3) is 11.3 Å². The zero-order valence-electron chi connectivity index (χ0n) is 15.9. The first-order valence-electron chi connectivity index (χ1n) is 9.12. The van der Waals surface area contributed by atoms with Crippen molar-refractivity contribution in [2.24, 2.45) is 0 Å². The highest BCUT2D eigenvalue weighted by molar-refractivity contribution is 5.86. The van der Waals surface area contributed by atoms with E-state index in [2.05, 4.69) is 20.9 Å². The third kappa shape index (κ3) is 5.06. The molecule has 1 aliphatic rings. The summed E-state index contributed by atoms with van der Waals surface area (Å²) in [6, 6.07) is 6.93. The molecule has 0 radical (unpaired) electrons. The van der Waals surface area contributed by atoms with E-state index in [1.165, 1.54) is 0 Å². The Morgan fingerprint density at radius 2 is 2.15 bits per heavy atom. The van der Waals surface area contributed by atoms with E-state index in [0.29, 0.717) is 17.9 Å². The SMILES string of the molecule is CC(C)(C)OC(=O)Nc1cccc(-c2cn(C3CCCCNC3=O)nn2)c1. The van der Waals surface area contributed by atoms with Gasteiger partial charge < -0.3 is 10.1 Å². The molecule has 3 rings (SSSR count). The fourth-order valence-corrected chi connectivity index (χ4v) is 2.91. The van der Waals surface area contributed by atoms with Crippen LogP contribution in [0.3, 0.4) is 0 Å². The maximum Gasteiger partial charge on any atom is 0.412 e. The van der Waals surface area contributed by atoms with E-state index in [4.69, 9.17) is 4.74 Å². The summed E-state index contributed by atoms with van der Waals surface area (Å²) in [6.07, 6.45) is 3.94. The summed E-state index contributed by atoms with van der Waals surface area (Å²) in [6.45, 7) is 6.14. The zero-order chi connectivity index (χ0) is 19.4. The van der Waals surface area contributed by atoms with Crippen LogP contribution in [-0.4, -0.2) is 39.1 Å². The molecular weight excluding hydrogens is 346 g/mol. The lowest BCUT2D eigenvalue weighted by Crippen LogP contribution is -2.31. The van der Waals surface area contributed by atoms with Crippen LogP contribution in [0.1, 0.15) is 46.1 Å². The second-order valence-electron chi connectivity index (χ2n) is 7.59. The molecule has 2 amide bonds. The lowest BCUT2D eigenvalue weighted by Gasteiger charge is -2.19. The highest BCUT2D eigenvalue weighted by atomic mass is 16.6. The Kier molecular flexibility index (Phi) is 5.43. The van der Waals surface area contributed by atoms with E-state index >= 15 is 0 Å². The maximum atomic E-state index is 12.2. The Morgan fingerprint density at radius 3 is 2.93 bits per heavy atom. The van der Waals surface area contributed by atoms with E-state index < -0.39 is 11.7 Å². The maximum absolute atomic E-state index is 12.2. The van der Waals surface area contributed by atoms with Gasteiger partial charge in [-0.3, -0.25) is 10.1 Å². The number of anilines is 1.